The maximum absolute atomic E-state index is 12.6. The molecule has 0 aliphatic heterocycles. The number of carbonyl (C=O) groups is 1. The number of hydrogen-bond donors (Lipinski definition) is 0. The van der Waals surface area contributed by atoms with E-state index in [9.17, 15) is 14.9 Å². The summed E-state index contributed by atoms with van der Waals surface area (Å²) in [4.78, 5) is 23.1. The molecule has 192 valence electrons. The van der Waals surface area contributed by atoms with Crippen LogP contribution < -0.4 is 0 Å². The number of hydrogen-bond acceptors (Lipinski definition) is 8. The third-order valence-electron chi connectivity index (χ3n) is 5.08. The van der Waals surface area contributed by atoms with Gasteiger partial charge >= 0.3 is 14.8 Å². The third-order valence-corrected chi connectivity index (χ3v) is 9.60. The van der Waals surface area contributed by atoms with Crippen LogP contribution in [-0.2, 0) is 29.4 Å². The second-order valence-corrected chi connectivity index (χ2v) is 11.7. The average Bonchev–Trinajstić information content (AvgIpc) is 2.86. The molecule has 0 aliphatic rings. The Morgan fingerprint density at radius 2 is 1.66 bits per heavy atom. The summed E-state index contributed by atoms with van der Waals surface area (Å²) in [6.07, 6.45) is 1.04. The van der Waals surface area contributed by atoms with E-state index in [1.165, 1.54) is 12.1 Å². The van der Waals surface area contributed by atoms with Crippen LogP contribution in [0.15, 0.2) is 54.6 Å². The molecule has 0 saturated heterocycles. The molecule has 0 fully saturated rings. The first-order valence-electron chi connectivity index (χ1n) is 11.9. The van der Waals surface area contributed by atoms with E-state index in [2.05, 4.69) is 0 Å². The van der Waals surface area contributed by atoms with Gasteiger partial charge in [-0.1, -0.05) is 42.5 Å². The van der Waals surface area contributed by atoms with Crippen LogP contribution in [-0.4, -0.2) is 45.3 Å². The van der Waals surface area contributed by atoms with Gasteiger partial charge in [0.25, 0.3) is 5.69 Å². The number of esters is 1. The first-order valence-corrected chi connectivity index (χ1v) is 14.9. The molecule has 0 aliphatic carbocycles. The predicted molar refractivity (Wildman–Crippen MR) is 139 cm³/mol. The van der Waals surface area contributed by atoms with Gasteiger partial charge in [0.05, 0.1) is 11.3 Å². The SMILES string of the molecule is CCO[Si](CCCSC(CC(=O)OCc1cccc([N+](=O)[O-])c1)c1ccccc1)(OCC)OCC. The Bertz CT molecular complexity index is 899. The Kier molecular flexibility index (Phi) is 13.0. The third kappa shape index (κ3) is 10.1. The largest absolute Gasteiger partial charge is 0.500 e. The molecule has 0 amide bonds. The summed E-state index contributed by atoms with van der Waals surface area (Å²) in [5.41, 5.74) is 1.61. The predicted octanol–water partition coefficient (Wildman–Crippen LogP) is 5.94. The highest BCUT2D eigenvalue weighted by Gasteiger charge is 2.39. The molecule has 1 atom stereocenters. The normalized spacial score (nSPS) is 12.3. The first kappa shape index (κ1) is 29.0. The maximum Gasteiger partial charge on any atom is 0.500 e. The molecule has 2 rings (SSSR count). The van der Waals surface area contributed by atoms with Crippen molar-refractivity contribution in [1.82, 2.24) is 0 Å². The number of thioether (sulfide) groups is 1. The van der Waals surface area contributed by atoms with Gasteiger partial charge in [0, 0.05) is 43.2 Å². The van der Waals surface area contributed by atoms with Gasteiger partial charge in [-0.25, -0.2) is 0 Å². The molecule has 0 heterocycles. The van der Waals surface area contributed by atoms with E-state index in [0.29, 0.717) is 31.4 Å². The fourth-order valence-corrected chi connectivity index (χ4v) is 7.66. The number of nitrogens with zero attached hydrogens (tertiary/aromatic N) is 1. The molecule has 10 heteroatoms. The topological polar surface area (TPSA) is 97.1 Å². The van der Waals surface area contributed by atoms with Crippen LogP contribution in [0.1, 0.15) is 50.0 Å². The zero-order valence-corrected chi connectivity index (χ0v) is 22.5. The van der Waals surface area contributed by atoms with Crippen molar-refractivity contribution in [3.8, 4) is 0 Å². The van der Waals surface area contributed by atoms with E-state index in [1.807, 2.05) is 51.1 Å². The van der Waals surface area contributed by atoms with Gasteiger partial charge in [-0.15, -0.1) is 0 Å². The van der Waals surface area contributed by atoms with Gasteiger partial charge < -0.3 is 18.0 Å². The molecule has 1 unspecified atom stereocenters. The van der Waals surface area contributed by atoms with Gasteiger partial charge in [-0.3, -0.25) is 14.9 Å². The molecule has 0 N–H and O–H groups in total. The van der Waals surface area contributed by atoms with Crippen LogP contribution in [0.5, 0.6) is 0 Å². The zero-order valence-electron chi connectivity index (χ0n) is 20.6. The Hall–Kier alpha value is -2.24. The van der Waals surface area contributed by atoms with E-state index in [-0.39, 0.29) is 29.9 Å². The smallest absolute Gasteiger partial charge is 0.461 e. The lowest BCUT2D eigenvalue weighted by molar-refractivity contribution is -0.384. The number of carbonyl (C=O) groups excluding carboxylic acids is 1. The van der Waals surface area contributed by atoms with Crippen molar-refractivity contribution in [2.45, 2.75) is 51.5 Å². The number of rotatable bonds is 17. The Morgan fingerprint density at radius 3 is 2.26 bits per heavy atom. The molecule has 0 spiro atoms. The van der Waals surface area contributed by atoms with Gasteiger partial charge in [0.1, 0.15) is 6.61 Å². The summed E-state index contributed by atoms with van der Waals surface area (Å²) in [5, 5.41) is 10.9. The molecule has 0 aromatic heterocycles. The fourth-order valence-electron chi connectivity index (χ4n) is 3.59. The summed E-state index contributed by atoms with van der Waals surface area (Å²) < 4.78 is 23.2. The van der Waals surface area contributed by atoms with Crippen molar-refractivity contribution < 1.29 is 27.7 Å². The Labute approximate surface area is 212 Å². The summed E-state index contributed by atoms with van der Waals surface area (Å²) in [5.74, 6) is 0.458. The quantitative estimate of drug-likeness (QED) is 0.0829. The van der Waals surface area contributed by atoms with Crippen LogP contribution in [0.3, 0.4) is 0 Å². The van der Waals surface area contributed by atoms with Crippen molar-refractivity contribution in [2.75, 3.05) is 25.6 Å². The van der Waals surface area contributed by atoms with Crippen molar-refractivity contribution >= 4 is 32.2 Å². The molecular weight excluding hydrogens is 486 g/mol. The van der Waals surface area contributed by atoms with Crippen LogP contribution in [0.25, 0.3) is 0 Å². The number of non-ortho nitro benzene ring substituents is 1. The van der Waals surface area contributed by atoms with Crippen LogP contribution in [0, 0.1) is 10.1 Å². The molecular formula is C25H35NO7SSi. The van der Waals surface area contributed by atoms with Gasteiger partial charge in [-0.05, 0) is 44.1 Å². The van der Waals surface area contributed by atoms with Gasteiger partial charge in [0.2, 0.25) is 0 Å². The standard InChI is InChI=1S/C25H35NO7SSi/c1-4-31-35(32-5-2,33-6-3)17-11-16-34-24(22-13-8-7-9-14-22)19-25(27)30-20-21-12-10-15-23(18-21)26(28)29/h7-10,12-15,18,24H,4-6,11,16-17,19-20H2,1-3H3. The van der Waals surface area contributed by atoms with E-state index < -0.39 is 13.7 Å². The van der Waals surface area contributed by atoms with E-state index >= 15 is 0 Å². The van der Waals surface area contributed by atoms with E-state index in [1.54, 1.807) is 23.9 Å². The maximum atomic E-state index is 12.6. The second kappa shape index (κ2) is 15.7. The molecule has 0 radical (unpaired) electrons. The number of ether oxygens (including phenoxy) is 1. The van der Waals surface area contributed by atoms with E-state index in [0.717, 1.165) is 17.7 Å². The Morgan fingerprint density at radius 1 is 1.00 bits per heavy atom. The monoisotopic (exact) mass is 521 g/mol. The summed E-state index contributed by atoms with van der Waals surface area (Å²) in [6, 6.07) is 16.7. The lowest BCUT2D eigenvalue weighted by Crippen LogP contribution is -2.46. The zero-order chi connectivity index (χ0) is 25.5. The van der Waals surface area contributed by atoms with Crippen LogP contribution in [0.2, 0.25) is 6.04 Å². The van der Waals surface area contributed by atoms with Crippen molar-refractivity contribution in [1.29, 1.82) is 0 Å². The summed E-state index contributed by atoms with van der Waals surface area (Å²) in [6.45, 7) is 7.46. The van der Waals surface area contributed by atoms with Crippen LogP contribution >= 0.6 is 11.8 Å². The highest BCUT2D eigenvalue weighted by Crippen LogP contribution is 2.34. The lowest BCUT2D eigenvalue weighted by Gasteiger charge is -2.28. The molecule has 8 nitrogen and oxygen atoms in total. The van der Waals surface area contributed by atoms with Gasteiger partial charge in [0.15, 0.2) is 0 Å². The molecule has 2 aromatic rings. The van der Waals surface area contributed by atoms with Gasteiger partial charge in [-0.2, -0.15) is 11.8 Å². The number of benzene rings is 2. The second-order valence-electron chi connectivity index (χ2n) is 7.65. The van der Waals surface area contributed by atoms with Crippen molar-refractivity contribution in [2.24, 2.45) is 0 Å². The minimum absolute atomic E-state index is 0.00210. The lowest BCUT2D eigenvalue weighted by atomic mass is 10.1. The molecule has 0 bridgehead atoms. The first-order chi connectivity index (χ1) is 16.9. The molecule has 0 saturated carbocycles. The highest BCUT2D eigenvalue weighted by atomic mass is 32.2. The van der Waals surface area contributed by atoms with Crippen molar-refractivity contribution in [3.05, 3.63) is 75.8 Å². The van der Waals surface area contributed by atoms with Crippen LogP contribution in [0.4, 0.5) is 5.69 Å². The minimum Gasteiger partial charge on any atom is -0.461 e. The van der Waals surface area contributed by atoms with E-state index in [4.69, 9.17) is 18.0 Å². The average molecular weight is 522 g/mol. The Balaban J connectivity index is 1.96. The number of nitro groups is 1. The highest BCUT2D eigenvalue weighted by molar-refractivity contribution is 7.99. The summed E-state index contributed by atoms with van der Waals surface area (Å²) in [7, 11) is -2.69. The molecule has 2 aromatic carbocycles. The van der Waals surface area contributed by atoms with Crippen molar-refractivity contribution in [3.63, 3.8) is 0 Å². The number of nitro benzene ring substituents is 1. The fraction of sp³-hybridized carbons (Fsp3) is 0.480. The summed E-state index contributed by atoms with van der Waals surface area (Å²) >= 11 is 1.69. The molecule has 35 heavy (non-hydrogen) atoms. The minimum atomic E-state index is -2.69.